The highest BCUT2D eigenvalue weighted by molar-refractivity contribution is 5.75. The molecule has 0 radical (unpaired) electrons. The molecule has 29 heavy (non-hydrogen) atoms. The molecule has 152 valence electrons. The van der Waals surface area contributed by atoms with E-state index in [1.54, 1.807) is 12.4 Å². The first kappa shape index (κ1) is 19.2. The van der Waals surface area contributed by atoms with Crippen LogP contribution in [0.25, 0.3) is 16.9 Å². The third-order valence-corrected chi connectivity index (χ3v) is 4.98. The molecule has 0 aliphatic carbocycles. The van der Waals surface area contributed by atoms with Gasteiger partial charge in [0, 0.05) is 36.6 Å². The van der Waals surface area contributed by atoms with E-state index < -0.39 is 0 Å². The molecule has 1 aliphatic heterocycles. The normalized spacial score (nSPS) is 16.9. The molecule has 1 atom stereocenters. The minimum Gasteiger partial charge on any atom is -0.367 e. The van der Waals surface area contributed by atoms with Crippen molar-refractivity contribution in [1.82, 2.24) is 29.8 Å². The van der Waals surface area contributed by atoms with Crippen molar-refractivity contribution in [2.75, 3.05) is 18.4 Å². The number of carbonyl (C=O) groups excluding carboxylic acids is 1. The maximum atomic E-state index is 12.6. The van der Waals surface area contributed by atoms with Crippen molar-refractivity contribution in [3.8, 4) is 11.3 Å². The van der Waals surface area contributed by atoms with Crippen molar-refractivity contribution in [1.29, 1.82) is 0 Å². The van der Waals surface area contributed by atoms with Crippen molar-refractivity contribution >= 4 is 17.5 Å². The minimum absolute atomic E-state index is 0.000191. The van der Waals surface area contributed by atoms with E-state index in [0.717, 1.165) is 42.1 Å². The third kappa shape index (κ3) is 4.31. The SMILES string of the molecule is CC(C)(C)NC(=O)N1CCC[C@H]1CNc1ccc2ncc(-c3ccncc3)n2n1. The van der Waals surface area contributed by atoms with E-state index in [0.29, 0.717) is 6.54 Å². The summed E-state index contributed by atoms with van der Waals surface area (Å²) in [6.45, 7) is 7.44. The number of anilines is 1. The molecule has 1 saturated heterocycles. The first-order chi connectivity index (χ1) is 13.9. The number of carbonyl (C=O) groups is 1. The summed E-state index contributed by atoms with van der Waals surface area (Å²) >= 11 is 0. The quantitative estimate of drug-likeness (QED) is 0.711. The van der Waals surface area contributed by atoms with Crippen LogP contribution in [0.15, 0.2) is 42.9 Å². The number of urea groups is 1. The van der Waals surface area contributed by atoms with Gasteiger partial charge in [-0.2, -0.15) is 0 Å². The standard InChI is InChI=1S/C21H27N7O/c1-21(2,3)25-20(29)27-12-4-5-16(27)13-23-18-6-7-19-24-14-17(28(19)26-18)15-8-10-22-11-9-15/h6-11,14,16H,4-5,12-13H2,1-3H3,(H,23,26)(H,25,29)/t16-/m0/s1. The van der Waals surface area contributed by atoms with Crippen LogP contribution in [0.2, 0.25) is 0 Å². The van der Waals surface area contributed by atoms with Crippen LogP contribution in [0.4, 0.5) is 10.6 Å². The highest BCUT2D eigenvalue weighted by atomic mass is 16.2. The van der Waals surface area contributed by atoms with Crippen LogP contribution < -0.4 is 10.6 Å². The molecule has 4 rings (SSSR count). The summed E-state index contributed by atoms with van der Waals surface area (Å²) in [5.41, 5.74) is 2.47. The predicted molar refractivity (Wildman–Crippen MR) is 113 cm³/mol. The van der Waals surface area contributed by atoms with Crippen LogP contribution >= 0.6 is 0 Å². The van der Waals surface area contributed by atoms with Crippen molar-refractivity contribution < 1.29 is 4.79 Å². The number of rotatable bonds is 4. The van der Waals surface area contributed by atoms with Crippen molar-refractivity contribution in [2.24, 2.45) is 0 Å². The van der Waals surface area contributed by atoms with Gasteiger partial charge in [0.25, 0.3) is 0 Å². The van der Waals surface area contributed by atoms with Gasteiger partial charge in [-0.1, -0.05) is 0 Å². The molecule has 2 amide bonds. The van der Waals surface area contributed by atoms with Gasteiger partial charge >= 0.3 is 6.03 Å². The number of hydrogen-bond donors (Lipinski definition) is 2. The Morgan fingerprint density at radius 3 is 2.76 bits per heavy atom. The Bertz CT molecular complexity index is 993. The van der Waals surface area contributed by atoms with Crippen LogP contribution in [0, 0.1) is 0 Å². The Morgan fingerprint density at radius 1 is 1.21 bits per heavy atom. The lowest BCUT2D eigenvalue weighted by Gasteiger charge is -2.29. The molecule has 8 heteroatoms. The number of amides is 2. The summed E-state index contributed by atoms with van der Waals surface area (Å²) in [5, 5.41) is 11.2. The number of aromatic nitrogens is 4. The Labute approximate surface area is 170 Å². The van der Waals surface area contributed by atoms with Crippen LogP contribution in [-0.4, -0.2) is 55.2 Å². The fourth-order valence-corrected chi connectivity index (χ4v) is 3.62. The highest BCUT2D eigenvalue weighted by Crippen LogP contribution is 2.21. The van der Waals surface area contributed by atoms with E-state index in [1.807, 2.05) is 60.6 Å². The number of nitrogens with zero attached hydrogens (tertiary/aromatic N) is 5. The number of pyridine rings is 1. The first-order valence-electron chi connectivity index (χ1n) is 9.98. The number of fused-ring (bicyclic) bond motifs is 1. The Kier molecular flexibility index (Phi) is 5.08. The lowest BCUT2D eigenvalue weighted by atomic mass is 10.1. The predicted octanol–water partition coefficient (Wildman–Crippen LogP) is 3.18. The largest absolute Gasteiger partial charge is 0.367 e. The van der Waals surface area contributed by atoms with Gasteiger partial charge in [0.1, 0.15) is 5.82 Å². The smallest absolute Gasteiger partial charge is 0.318 e. The zero-order valence-electron chi connectivity index (χ0n) is 17.1. The molecule has 2 N–H and O–H groups in total. The number of hydrogen-bond acceptors (Lipinski definition) is 5. The maximum Gasteiger partial charge on any atom is 0.318 e. The minimum atomic E-state index is -0.241. The van der Waals surface area contributed by atoms with Gasteiger partial charge in [-0.25, -0.2) is 14.3 Å². The van der Waals surface area contributed by atoms with E-state index in [1.165, 1.54) is 0 Å². The molecule has 8 nitrogen and oxygen atoms in total. The highest BCUT2D eigenvalue weighted by Gasteiger charge is 2.30. The second kappa shape index (κ2) is 7.69. The van der Waals surface area contributed by atoms with Crippen molar-refractivity contribution in [3.63, 3.8) is 0 Å². The molecule has 3 aromatic rings. The molecule has 0 aromatic carbocycles. The van der Waals surface area contributed by atoms with Gasteiger partial charge in [0.2, 0.25) is 0 Å². The van der Waals surface area contributed by atoms with Gasteiger partial charge in [-0.3, -0.25) is 4.98 Å². The average molecular weight is 393 g/mol. The molecular formula is C21H27N7O. The zero-order valence-corrected chi connectivity index (χ0v) is 17.1. The topological polar surface area (TPSA) is 87.5 Å². The second-order valence-corrected chi connectivity index (χ2v) is 8.42. The van der Waals surface area contributed by atoms with Crippen LogP contribution in [-0.2, 0) is 0 Å². The van der Waals surface area contributed by atoms with Crippen LogP contribution in [0.3, 0.4) is 0 Å². The second-order valence-electron chi connectivity index (χ2n) is 8.42. The lowest BCUT2D eigenvalue weighted by molar-refractivity contribution is 0.185. The van der Waals surface area contributed by atoms with Gasteiger partial charge in [0.15, 0.2) is 5.65 Å². The molecule has 4 heterocycles. The van der Waals surface area contributed by atoms with E-state index in [4.69, 9.17) is 5.10 Å². The molecule has 0 spiro atoms. The summed E-state index contributed by atoms with van der Waals surface area (Å²) in [4.78, 5) is 23.0. The summed E-state index contributed by atoms with van der Waals surface area (Å²) in [7, 11) is 0. The van der Waals surface area contributed by atoms with E-state index in [2.05, 4.69) is 20.6 Å². The molecule has 0 unspecified atom stereocenters. The average Bonchev–Trinajstić information content (AvgIpc) is 3.32. The maximum absolute atomic E-state index is 12.6. The molecular weight excluding hydrogens is 366 g/mol. The molecule has 0 bridgehead atoms. The number of likely N-dealkylation sites (tertiary alicyclic amines) is 1. The monoisotopic (exact) mass is 393 g/mol. The summed E-state index contributed by atoms with van der Waals surface area (Å²) in [6.07, 6.45) is 7.34. The van der Waals surface area contributed by atoms with Crippen molar-refractivity contribution in [2.45, 2.75) is 45.2 Å². The number of imidazole rings is 1. The van der Waals surface area contributed by atoms with Gasteiger partial charge in [0.05, 0.1) is 17.9 Å². The molecule has 0 saturated carbocycles. The van der Waals surface area contributed by atoms with Crippen LogP contribution in [0.5, 0.6) is 0 Å². The zero-order chi connectivity index (χ0) is 20.4. The summed E-state index contributed by atoms with van der Waals surface area (Å²) in [5.74, 6) is 0.758. The van der Waals surface area contributed by atoms with E-state index >= 15 is 0 Å². The first-order valence-corrected chi connectivity index (χ1v) is 9.98. The fraction of sp³-hybridized carbons (Fsp3) is 0.429. The van der Waals surface area contributed by atoms with E-state index in [9.17, 15) is 4.79 Å². The van der Waals surface area contributed by atoms with Crippen molar-refractivity contribution in [3.05, 3.63) is 42.9 Å². The van der Waals surface area contributed by atoms with E-state index in [-0.39, 0.29) is 17.6 Å². The lowest BCUT2D eigenvalue weighted by Crippen LogP contribution is -2.51. The van der Waals surface area contributed by atoms with Gasteiger partial charge in [-0.15, -0.1) is 5.10 Å². The molecule has 1 fully saturated rings. The molecule has 3 aromatic heterocycles. The Balaban J connectivity index is 1.48. The van der Waals surface area contributed by atoms with Gasteiger partial charge in [-0.05, 0) is 57.9 Å². The number of nitrogens with one attached hydrogen (secondary N) is 2. The molecule has 1 aliphatic rings. The van der Waals surface area contributed by atoms with Gasteiger partial charge < -0.3 is 15.5 Å². The van der Waals surface area contributed by atoms with Crippen LogP contribution in [0.1, 0.15) is 33.6 Å². The fourth-order valence-electron chi connectivity index (χ4n) is 3.62. The summed E-state index contributed by atoms with van der Waals surface area (Å²) < 4.78 is 1.83. The Morgan fingerprint density at radius 2 is 2.00 bits per heavy atom. The third-order valence-electron chi connectivity index (χ3n) is 4.98. The Hall–Kier alpha value is -3.16. The summed E-state index contributed by atoms with van der Waals surface area (Å²) in [6, 6.07) is 7.90.